The van der Waals surface area contributed by atoms with E-state index in [4.69, 9.17) is 0 Å². The molecular formula is C15H19BrN2O. The zero-order valence-corrected chi connectivity index (χ0v) is 12.6. The molecule has 0 spiro atoms. The number of likely N-dealkylation sites (tertiary alicyclic amines) is 2. The molecule has 0 aromatic heterocycles. The Bertz CT molecular complexity index is 454. The van der Waals surface area contributed by atoms with Crippen molar-refractivity contribution in [3.63, 3.8) is 0 Å². The van der Waals surface area contributed by atoms with Crippen LogP contribution in [0.15, 0.2) is 28.7 Å². The molecular weight excluding hydrogens is 304 g/mol. The van der Waals surface area contributed by atoms with Gasteiger partial charge in [-0.2, -0.15) is 0 Å². The quantitative estimate of drug-likeness (QED) is 0.836. The second-order valence-electron chi connectivity index (χ2n) is 5.44. The zero-order chi connectivity index (χ0) is 13.2. The number of hydrogen-bond donors (Lipinski definition) is 0. The topological polar surface area (TPSA) is 23.6 Å². The Hall–Kier alpha value is -0.870. The molecule has 0 unspecified atom stereocenters. The van der Waals surface area contributed by atoms with E-state index in [2.05, 4.69) is 20.8 Å². The lowest BCUT2D eigenvalue weighted by atomic mass is 10.2. The third-order valence-electron chi connectivity index (χ3n) is 4.20. The van der Waals surface area contributed by atoms with E-state index in [1.165, 1.54) is 25.9 Å². The summed E-state index contributed by atoms with van der Waals surface area (Å²) in [6.45, 7) is 4.22. The van der Waals surface area contributed by atoms with Crippen LogP contribution in [0.2, 0.25) is 0 Å². The van der Waals surface area contributed by atoms with Gasteiger partial charge in [0.1, 0.15) is 0 Å². The fourth-order valence-corrected chi connectivity index (χ4v) is 3.37. The number of carbonyl (C=O) groups excluding carboxylic acids is 1. The molecule has 0 aliphatic carbocycles. The first-order chi connectivity index (χ1) is 9.24. The van der Waals surface area contributed by atoms with Crippen molar-refractivity contribution in [1.29, 1.82) is 0 Å². The van der Waals surface area contributed by atoms with Gasteiger partial charge in [-0.25, -0.2) is 0 Å². The Kier molecular flexibility index (Phi) is 3.89. The molecule has 0 radical (unpaired) electrons. The molecule has 2 heterocycles. The highest BCUT2D eigenvalue weighted by Gasteiger charge is 2.31. The van der Waals surface area contributed by atoms with Gasteiger partial charge in [-0.15, -0.1) is 0 Å². The number of carbonyl (C=O) groups is 1. The van der Waals surface area contributed by atoms with Crippen molar-refractivity contribution in [2.75, 3.05) is 26.2 Å². The van der Waals surface area contributed by atoms with Crippen LogP contribution in [-0.2, 0) is 0 Å². The number of halogens is 1. The summed E-state index contributed by atoms with van der Waals surface area (Å²) in [5.74, 6) is 0.175. The van der Waals surface area contributed by atoms with E-state index in [1.54, 1.807) is 0 Å². The smallest absolute Gasteiger partial charge is 0.253 e. The van der Waals surface area contributed by atoms with Crippen LogP contribution in [0.1, 0.15) is 29.6 Å². The molecule has 0 saturated carbocycles. The second kappa shape index (κ2) is 5.63. The van der Waals surface area contributed by atoms with E-state index in [-0.39, 0.29) is 5.91 Å². The second-order valence-corrected chi connectivity index (χ2v) is 6.36. The number of nitrogens with zero attached hydrogens (tertiary/aromatic N) is 2. The van der Waals surface area contributed by atoms with Crippen molar-refractivity contribution >= 4 is 21.8 Å². The number of hydrogen-bond acceptors (Lipinski definition) is 2. The maximum absolute atomic E-state index is 12.4. The zero-order valence-electron chi connectivity index (χ0n) is 11.0. The minimum absolute atomic E-state index is 0.175. The Morgan fingerprint density at radius 2 is 1.79 bits per heavy atom. The number of rotatable bonds is 2. The molecule has 3 nitrogen and oxygen atoms in total. The van der Waals surface area contributed by atoms with E-state index in [9.17, 15) is 4.79 Å². The maximum Gasteiger partial charge on any atom is 0.253 e. The third kappa shape index (κ3) is 2.84. The van der Waals surface area contributed by atoms with E-state index in [0.717, 1.165) is 29.5 Å². The predicted octanol–water partition coefficient (Wildman–Crippen LogP) is 2.76. The molecule has 4 heteroatoms. The predicted molar refractivity (Wildman–Crippen MR) is 79.3 cm³/mol. The van der Waals surface area contributed by atoms with Gasteiger partial charge in [0.15, 0.2) is 0 Å². The average molecular weight is 323 g/mol. The fraction of sp³-hybridized carbons (Fsp3) is 0.533. The number of amides is 1. The highest BCUT2D eigenvalue weighted by molar-refractivity contribution is 9.10. The summed E-state index contributed by atoms with van der Waals surface area (Å²) in [6.07, 6.45) is 3.76. The average Bonchev–Trinajstić information content (AvgIpc) is 3.10. The van der Waals surface area contributed by atoms with Gasteiger partial charge >= 0.3 is 0 Å². The summed E-state index contributed by atoms with van der Waals surface area (Å²) in [4.78, 5) is 17.0. The van der Waals surface area contributed by atoms with Gasteiger partial charge in [0.2, 0.25) is 0 Å². The standard InChI is InChI=1S/C15H19BrN2O/c16-13-5-3-12(4-6-13)15(19)18-10-7-14(11-18)17-8-1-2-9-17/h3-6,14H,1-2,7-11H2/t14-/m1/s1. The largest absolute Gasteiger partial charge is 0.337 e. The lowest BCUT2D eigenvalue weighted by Crippen LogP contribution is -2.37. The Morgan fingerprint density at radius 3 is 2.47 bits per heavy atom. The molecule has 2 aliphatic rings. The Morgan fingerprint density at radius 1 is 1.11 bits per heavy atom. The van der Waals surface area contributed by atoms with E-state index in [1.807, 2.05) is 29.2 Å². The van der Waals surface area contributed by atoms with Crippen molar-refractivity contribution in [3.8, 4) is 0 Å². The molecule has 2 saturated heterocycles. The van der Waals surface area contributed by atoms with Gasteiger partial charge in [-0.05, 0) is 56.6 Å². The van der Waals surface area contributed by atoms with Gasteiger partial charge in [-0.3, -0.25) is 9.69 Å². The van der Waals surface area contributed by atoms with Crippen LogP contribution < -0.4 is 0 Å². The molecule has 0 N–H and O–H groups in total. The maximum atomic E-state index is 12.4. The monoisotopic (exact) mass is 322 g/mol. The Balaban J connectivity index is 1.63. The highest BCUT2D eigenvalue weighted by atomic mass is 79.9. The van der Waals surface area contributed by atoms with E-state index in [0.29, 0.717) is 6.04 Å². The summed E-state index contributed by atoms with van der Waals surface area (Å²) < 4.78 is 1.01. The first-order valence-electron chi connectivity index (χ1n) is 7.03. The van der Waals surface area contributed by atoms with Crippen molar-refractivity contribution < 1.29 is 4.79 Å². The SMILES string of the molecule is O=C(c1ccc(Br)cc1)N1CC[C@@H](N2CCCC2)C1. The van der Waals surface area contributed by atoms with Crippen molar-refractivity contribution in [3.05, 3.63) is 34.3 Å². The molecule has 1 atom stereocenters. The van der Waals surface area contributed by atoms with Gasteiger partial charge in [0.05, 0.1) is 0 Å². The van der Waals surface area contributed by atoms with E-state index >= 15 is 0 Å². The van der Waals surface area contributed by atoms with Crippen molar-refractivity contribution in [1.82, 2.24) is 9.80 Å². The lowest BCUT2D eigenvalue weighted by molar-refractivity contribution is 0.0780. The molecule has 102 valence electrons. The molecule has 2 aliphatic heterocycles. The van der Waals surface area contributed by atoms with Gasteiger partial charge in [0, 0.05) is 29.2 Å². The summed E-state index contributed by atoms with van der Waals surface area (Å²) in [7, 11) is 0. The normalized spacial score (nSPS) is 24.1. The molecule has 3 rings (SSSR count). The molecule has 19 heavy (non-hydrogen) atoms. The van der Waals surface area contributed by atoms with Gasteiger partial charge in [-0.1, -0.05) is 15.9 Å². The van der Waals surface area contributed by atoms with Crippen molar-refractivity contribution in [2.45, 2.75) is 25.3 Å². The minimum atomic E-state index is 0.175. The first-order valence-corrected chi connectivity index (χ1v) is 7.82. The molecule has 0 bridgehead atoms. The molecule has 1 aromatic rings. The first kappa shape index (κ1) is 13.1. The van der Waals surface area contributed by atoms with Crippen LogP contribution >= 0.6 is 15.9 Å². The number of benzene rings is 1. The van der Waals surface area contributed by atoms with Gasteiger partial charge in [0.25, 0.3) is 5.91 Å². The summed E-state index contributed by atoms with van der Waals surface area (Å²) in [5, 5.41) is 0. The van der Waals surface area contributed by atoms with Crippen molar-refractivity contribution in [2.24, 2.45) is 0 Å². The lowest BCUT2D eigenvalue weighted by Gasteiger charge is -2.23. The summed E-state index contributed by atoms with van der Waals surface area (Å²) in [6, 6.07) is 8.25. The summed E-state index contributed by atoms with van der Waals surface area (Å²) >= 11 is 3.40. The van der Waals surface area contributed by atoms with Crippen LogP contribution in [0.3, 0.4) is 0 Å². The van der Waals surface area contributed by atoms with E-state index < -0.39 is 0 Å². The minimum Gasteiger partial charge on any atom is -0.337 e. The molecule has 1 aromatic carbocycles. The molecule has 2 fully saturated rings. The third-order valence-corrected chi connectivity index (χ3v) is 4.73. The molecule has 1 amide bonds. The van der Waals surface area contributed by atoms with Gasteiger partial charge < -0.3 is 4.90 Å². The highest BCUT2D eigenvalue weighted by Crippen LogP contribution is 2.22. The van der Waals surface area contributed by atoms with Crippen LogP contribution in [-0.4, -0.2) is 47.9 Å². The van der Waals surface area contributed by atoms with Crippen LogP contribution in [0.25, 0.3) is 0 Å². The van der Waals surface area contributed by atoms with Crippen LogP contribution in [0.4, 0.5) is 0 Å². The fourth-order valence-electron chi connectivity index (χ4n) is 3.11. The summed E-state index contributed by atoms with van der Waals surface area (Å²) in [5.41, 5.74) is 0.797. The van der Waals surface area contributed by atoms with Crippen LogP contribution in [0, 0.1) is 0 Å². The van der Waals surface area contributed by atoms with Crippen LogP contribution in [0.5, 0.6) is 0 Å². The Labute approximate surface area is 122 Å².